The van der Waals surface area contributed by atoms with Crippen LogP contribution in [0.15, 0.2) is 29.2 Å². The van der Waals surface area contributed by atoms with Crippen molar-refractivity contribution in [3.8, 4) is 22.8 Å². The highest BCUT2D eigenvalue weighted by molar-refractivity contribution is 6.32. The molecule has 6 nitrogen and oxygen atoms in total. The maximum atomic E-state index is 12.5. The van der Waals surface area contributed by atoms with Gasteiger partial charge in [-0.25, -0.2) is 4.79 Å². The van der Waals surface area contributed by atoms with E-state index in [2.05, 4.69) is 0 Å². The number of fused-ring (bicyclic) bond motifs is 3. The van der Waals surface area contributed by atoms with Gasteiger partial charge >= 0.3 is 5.97 Å². The Morgan fingerprint density at radius 3 is 2.81 bits per heavy atom. The van der Waals surface area contributed by atoms with Crippen LogP contribution in [0.4, 0.5) is 0 Å². The van der Waals surface area contributed by atoms with E-state index in [-0.39, 0.29) is 34.9 Å². The Balaban J connectivity index is 2.27. The Kier molecular flexibility index (Phi) is 4.96. The minimum atomic E-state index is -0.649. The van der Waals surface area contributed by atoms with Crippen molar-refractivity contribution >= 4 is 17.6 Å². The predicted octanol–water partition coefficient (Wildman–Crippen LogP) is 3.64. The molecule has 1 atom stereocenters. The van der Waals surface area contributed by atoms with Crippen LogP contribution >= 0.6 is 11.6 Å². The normalized spacial score (nSPS) is 15.7. The number of benzene rings is 1. The van der Waals surface area contributed by atoms with Crippen LogP contribution in [-0.4, -0.2) is 28.9 Å². The number of ether oxygens (including phenoxy) is 2. The molecule has 0 bridgehead atoms. The Morgan fingerprint density at radius 1 is 1.42 bits per heavy atom. The van der Waals surface area contributed by atoms with Gasteiger partial charge in [0.1, 0.15) is 23.7 Å². The number of rotatable bonds is 3. The molecule has 1 aliphatic heterocycles. The lowest BCUT2D eigenvalue weighted by molar-refractivity contribution is 0.0523. The van der Waals surface area contributed by atoms with Gasteiger partial charge in [0.05, 0.1) is 23.4 Å². The van der Waals surface area contributed by atoms with Crippen LogP contribution in [0.3, 0.4) is 0 Å². The molecule has 1 N–H and O–H groups in total. The van der Waals surface area contributed by atoms with Gasteiger partial charge in [-0.1, -0.05) is 25.4 Å². The number of carbonyl (C=O) groups excluding carboxylic acids is 1. The summed E-state index contributed by atoms with van der Waals surface area (Å²) < 4.78 is 12.7. The van der Waals surface area contributed by atoms with Gasteiger partial charge in [-0.05, 0) is 18.9 Å². The third kappa shape index (κ3) is 3.17. The molecule has 138 valence electrons. The number of phenols is 1. The number of nitrogens with zero attached hydrogens (tertiary/aromatic N) is 1. The lowest BCUT2D eigenvalue weighted by Gasteiger charge is -2.24. The number of phenolic OH excluding ortho intramolecular Hbond substituents is 1. The first kappa shape index (κ1) is 18.3. The van der Waals surface area contributed by atoms with Crippen LogP contribution in [0.1, 0.15) is 37.2 Å². The summed E-state index contributed by atoms with van der Waals surface area (Å²) in [5, 5.41) is 10.0. The number of esters is 1. The van der Waals surface area contributed by atoms with Crippen molar-refractivity contribution in [2.45, 2.75) is 26.8 Å². The van der Waals surface area contributed by atoms with E-state index < -0.39 is 11.4 Å². The molecule has 2 heterocycles. The number of pyridine rings is 1. The SMILES string of the molecule is CCOC(=O)c1cn2c(cc1=O)-c1cc(Cl)c(O)cc1OC[C@H]2C(C)C. The van der Waals surface area contributed by atoms with Crippen LogP contribution in [0.5, 0.6) is 11.5 Å². The summed E-state index contributed by atoms with van der Waals surface area (Å²) in [4.78, 5) is 24.7. The minimum absolute atomic E-state index is 0.0189. The number of aromatic nitrogens is 1. The number of aromatic hydroxyl groups is 1. The van der Waals surface area contributed by atoms with Crippen molar-refractivity contribution in [3.63, 3.8) is 0 Å². The van der Waals surface area contributed by atoms with Crippen molar-refractivity contribution < 1.29 is 19.4 Å². The van der Waals surface area contributed by atoms with Crippen molar-refractivity contribution in [2.24, 2.45) is 5.92 Å². The molecule has 0 saturated heterocycles. The molecule has 26 heavy (non-hydrogen) atoms. The molecule has 0 saturated carbocycles. The fourth-order valence-electron chi connectivity index (χ4n) is 3.03. The third-order valence-electron chi connectivity index (χ3n) is 4.44. The zero-order chi connectivity index (χ0) is 19.0. The summed E-state index contributed by atoms with van der Waals surface area (Å²) in [6, 6.07) is 4.27. The number of halogens is 1. The van der Waals surface area contributed by atoms with Crippen molar-refractivity contribution in [3.05, 3.63) is 45.2 Å². The number of hydrogen-bond donors (Lipinski definition) is 1. The van der Waals surface area contributed by atoms with E-state index in [9.17, 15) is 14.7 Å². The van der Waals surface area contributed by atoms with Gasteiger partial charge in [0, 0.05) is 23.9 Å². The van der Waals surface area contributed by atoms with Crippen molar-refractivity contribution in [1.29, 1.82) is 0 Å². The van der Waals surface area contributed by atoms with E-state index >= 15 is 0 Å². The molecular weight excluding hydrogens is 358 g/mol. The first-order chi connectivity index (χ1) is 12.3. The highest BCUT2D eigenvalue weighted by Gasteiger charge is 2.28. The molecule has 0 amide bonds. The summed E-state index contributed by atoms with van der Waals surface area (Å²) in [6.07, 6.45) is 1.53. The Bertz CT molecular complexity index is 919. The number of hydrogen-bond acceptors (Lipinski definition) is 5. The number of carbonyl (C=O) groups is 1. The average molecular weight is 378 g/mol. The Hall–Kier alpha value is -2.47. The second-order valence-corrected chi connectivity index (χ2v) is 6.89. The monoisotopic (exact) mass is 377 g/mol. The maximum Gasteiger partial charge on any atom is 0.343 e. The average Bonchev–Trinajstić information content (AvgIpc) is 2.72. The standard InChI is InChI=1S/C19H20ClNO5/c1-4-25-19(24)12-8-21-14(6-16(12)22)11-5-13(20)17(23)7-18(11)26-9-15(21)10(2)3/h5-8,10,15,23H,4,9H2,1-3H3/t15-/m0/s1. The Labute approximate surface area is 155 Å². The van der Waals surface area contributed by atoms with Gasteiger partial charge in [0.2, 0.25) is 0 Å². The second kappa shape index (κ2) is 7.03. The highest BCUT2D eigenvalue weighted by atomic mass is 35.5. The van der Waals surface area contributed by atoms with E-state index in [4.69, 9.17) is 21.1 Å². The minimum Gasteiger partial charge on any atom is -0.506 e. The summed E-state index contributed by atoms with van der Waals surface area (Å²) in [6.45, 7) is 6.26. The molecule has 0 radical (unpaired) electrons. The van der Waals surface area contributed by atoms with Crippen molar-refractivity contribution in [2.75, 3.05) is 13.2 Å². The zero-order valence-corrected chi connectivity index (χ0v) is 15.5. The molecule has 7 heteroatoms. The van der Waals surface area contributed by atoms with E-state index in [1.807, 2.05) is 18.4 Å². The fourth-order valence-corrected chi connectivity index (χ4v) is 3.20. The third-order valence-corrected chi connectivity index (χ3v) is 4.74. The molecule has 0 fully saturated rings. The lowest BCUT2D eigenvalue weighted by atomic mass is 10.0. The van der Waals surface area contributed by atoms with Crippen LogP contribution in [-0.2, 0) is 4.74 Å². The van der Waals surface area contributed by atoms with Crippen LogP contribution in [0.25, 0.3) is 11.3 Å². The second-order valence-electron chi connectivity index (χ2n) is 6.49. The summed E-state index contributed by atoms with van der Waals surface area (Å²) in [5.41, 5.74) is 0.712. The lowest BCUT2D eigenvalue weighted by Crippen LogP contribution is -2.26. The summed E-state index contributed by atoms with van der Waals surface area (Å²) >= 11 is 6.06. The van der Waals surface area contributed by atoms with E-state index in [1.165, 1.54) is 18.3 Å². The molecule has 3 rings (SSSR count). The van der Waals surface area contributed by atoms with Gasteiger partial charge in [-0.3, -0.25) is 4.79 Å². The molecule has 0 aliphatic carbocycles. The highest BCUT2D eigenvalue weighted by Crippen LogP contribution is 2.41. The molecule has 2 aromatic rings. The van der Waals surface area contributed by atoms with Crippen LogP contribution < -0.4 is 10.2 Å². The zero-order valence-electron chi connectivity index (χ0n) is 14.8. The van der Waals surface area contributed by atoms with Gasteiger partial charge in [-0.2, -0.15) is 0 Å². The molecular formula is C19H20ClNO5. The van der Waals surface area contributed by atoms with Crippen molar-refractivity contribution in [1.82, 2.24) is 4.57 Å². The van der Waals surface area contributed by atoms with Crippen LogP contribution in [0.2, 0.25) is 5.02 Å². The molecule has 0 spiro atoms. The van der Waals surface area contributed by atoms with E-state index in [0.29, 0.717) is 23.6 Å². The van der Waals surface area contributed by atoms with Gasteiger partial charge in [-0.15, -0.1) is 0 Å². The van der Waals surface area contributed by atoms with E-state index in [1.54, 1.807) is 13.0 Å². The first-order valence-electron chi connectivity index (χ1n) is 8.42. The Morgan fingerprint density at radius 2 is 2.15 bits per heavy atom. The van der Waals surface area contributed by atoms with Gasteiger partial charge in [0.25, 0.3) is 0 Å². The topological polar surface area (TPSA) is 77.8 Å². The predicted molar refractivity (Wildman–Crippen MR) is 98.1 cm³/mol. The van der Waals surface area contributed by atoms with Gasteiger partial charge < -0.3 is 19.1 Å². The summed E-state index contributed by atoms with van der Waals surface area (Å²) in [5.74, 6) is -0.133. The van der Waals surface area contributed by atoms with Crippen LogP contribution in [0, 0.1) is 5.92 Å². The summed E-state index contributed by atoms with van der Waals surface area (Å²) in [7, 11) is 0. The maximum absolute atomic E-state index is 12.5. The largest absolute Gasteiger partial charge is 0.506 e. The molecule has 0 unspecified atom stereocenters. The molecule has 1 aromatic carbocycles. The molecule has 1 aromatic heterocycles. The van der Waals surface area contributed by atoms with Gasteiger partial charge in [0.15, 0.2) is 5.43 Å². The quantitative estimate of drug-likeness (QED) is 0.826. The smallest absolute Gasteiger partial charge is 0.343 e. The fraction of sp³-hybridized carbons (Fsp3) is 0.368. The molecule has 1 aliphatic rings. The van der Waals surface area contributed by atoms with E-state index in [0.717, 1.165) is 0 Å². The first-order valence-corrected chi connectivity index (χ1v) is 8.80.